The van der Waals surface area contributed by atoms with Crippen LogP contribution in [0.4, 0.5) is 4.39 Å². The molecule has 2 rings (SSSR count). The van der Waals surface area contributed by atoms with Crippen LogP contribution in [0.5, 0.6) is 0 Å². The topological polar surface area (TPSA) is 3.24 Å². The fraction of sp³-hybridized carbons (Fsp3) is 0.556. The summed E-state index contributed by atoms with van der Waals surface area (Å²) >= 11 is 0. The van der Waals surface area contributed by atoms with Crippen molar-refractivity contribution in [3.05, 3.63) is 47.9 Å². The molecule has 20 heavy (non-hydrogen) atoms. The Kier molecular flexibility index (Phi) is 4.22. The molecular formula is C18H26FN. The van der Waals surface area contributed by atoms with Crippen molar-refractivity contribution in [2.75, 3.05) is 13.1 Å². The lowest BCUT2D eigenvalue weighted by atomic mass is 9.81. The monoisotopic (exact) mass is 275 g/mol. The molecule has 0 bridgehead atoms. The molecule has 1 aromatic carbocycles. The van der Waals surface area contributed by atoms with Crippen LogP contribution in [-0.4, -0.2) is 18.0 Å². The Balaban J connectivity index is 1.87. The predicted octanol–water partition coefficient (Wildman–Crippen LogP) is 4.81. The number of halogens is 1. The second-order valence-corrected chi connectivity index (χ2v) is 7.31. The van der Waals surface area contributed by atoms with Gasteiger partial charge in [0.1, 0.15) is 5.82 Å². The summed E-state index contributed by atoms with van der Waals surface area (Å²) in [6.45, 7) is 15.3. The predicted molar refractivity (Wildman–Crippen MR) is 83.1 cm³/mol. The molecule has 110 valence electrons. The van der Waals surface area contributed by atoms with Crippen LogP contribution in [0.25, 0.3) is 0 Å². The lowest BCUT2D eigenvalue weighted by Crippen LogP contribution is -2.48. The summed E-state index contributed by atoms with van der Waals surface area (Å²) < 4.78 is 13.0. The average Bonchev–Trinajstić information content (AvgIpc) is 2.25. The third-order valence-corrected chi connectivity index (χ3v) is 4.19. The molecule has 0 N–H and O–H groups in total. The highest BCUT2D eigenvalue weighted by atomic mass is 19.1. The van der Waals surface area contributed by atoms with Gasteiger partial charge in [0.25, 0.3) is 0 Å². The van der Waals surface area contributed by atoms with E-state index in [1.165, 1.54) is 11.3 Å². The van der Waals surface area contributed by atoms with Crippen LogP contribution in [0.3, 0.4) is 0 Å². The SMILES string of the molecule is C=C(CC(C)(C)C)N1CC(C(C)c2ccc(F)cc2)C1. The molecule has 1 saturated heterocycles. The van der Waals surface area contributed by atoms with Crippen molar-refractivity contribution in [3.63, 3.8) is 0 Å². The van der Waals surface area contributed by atoms with Gasteiger partial charge in [-0.2, -0.15) is 0 Å². The van der Waals surface area contributed by atoms with Crippen molar-refractivity contribution in [1.29, 1.82) is 0 Å². The lowest BCUT2D eigenvalue weighted by Gasteiger charge is -2.46. The number of nitrogens with zero attached hydrogens (tertiary/aromatic N) is 1. The standard InChI is InChI=1S/C18H26FN/c1-13(10-18(3,4)5)20-11-16(12-20)14(2)15-6-8-17(19)9-7-15/h6-9,14,16H,1,10-12H2,2-5H3. The molecule has 2 heteroatoms. The van der Waals surface area contributed by atoms with Crippen LogP contribution in [0, 0.1) is 17.2 Å². The van der Waals surface area contributed by atoms with E-state index < -0.39 is 0 Å². The molecule has 0 amide bonds. The van der Waals surface area contributed by atoms with Gasteiger partial charge in [-0.25, -0.2) is 4.39 Å². The van der Waals surface area contributed by atoms with E-state index in [0.29, 0.717) is 17.3 Å². The fourth-order valence-electron chi connectivity index (χ4n) is 2.85. The summed E-state index contributed by atoms with van der Waals surface area (Å²) in [5.41, 5.74) is 2.78. The summed E-state index contributed by atoms with van der Waals surface area (Å²) in [5, 5.41) is 0. The minimum absolute atomic E-state index is 0.158. The molecule has 1 aromatic rings. The summed E-state index contributed by atoms with van der Waals surface area (Å²) in [6.07, 6.45) is 1.05. The molecule has 1 aliphatic heterocycles. The van der Waals surface area contributed by atoms with E-state index in [4.69, 9.17) is 0 Å². The van der Waals surface area contributed by atoms with Crippen LogP contribution in [0.15, 0.2) is 36.5 Å². The Morgan fingerprint density at radius 3 is 2.35 bits per heavy atom. The van der Waals surface area contributed by atoms with Gasteiger partial charge in [0.2, 0.25) is 0 Å². The Hall–Kier alpha value is -1.31. The first-order valence-electron chi connectivity index (χ1n) is 7.44. The van der Waals surface area contributed by atoms with E-state index in [9.17, 15) is 4.39 Å². The van der Waals surface area contributed by atoms with E-state index in [-0.39, 0.29) is 5.82 Å². The zero-order valence-corrected chi connectivity index (χ0v) is 13.1. The van der Waals surface area contributed by atoms with E-state index in [1.807, 2.05) is 12.1 Å². The Labute approximate surface area is 122 Å². The number of hydrogen-bond acceptors (Lipinski definition) is 1. The van der Waals surface area contributed by atoms with Crippen LogP contribution in [0.1, 0.15) is 45.6 Å². The Bertz CT molecular complexity index is 463. The zero-order chi connectivity index (χ0) is 14.9. The zero-order valence-electron chi connectivity index (χ0n) is 13.1. The van der Waals surface area contributed by atoms with Gasteiger partial charge in [-0.05, 0) is 35.4 Å². The summed E-state index contributed by atoms with van der Waals surface area (Å²) in [6, 6.07) is 6.93. The van der Waals surface area contributed by atoms with Gasteiger partial charge in [0.05, 0.1) is 0 Å². The molecule has 1 unspecified atom stereocenters. The average molecular weight is 275 g/mol. The number of benzene rings is 1. The van der Waals surface area contributed by atoms with Crippen molar-refractivity contribution in [1.82, 2.24) is 4.90 Å². The molecule has 1 atom stereocenters. The molecule has 0 aliphatic carbocycles. The van der Waals surface area contributed by atoms with Gasteiger partial charge in [-0.1, -0.05) is 46.4 Å². The summed E-state index contributed by atoms with van der Waals surface area (Å²) in [7, 11) is 0. The van der Waals surface area contributed by atoms with Crippen LogP contribution < -0.4 is 0 Å². The smallest absolute Gasteiger partial charge is 0.123 e. The first-order chi connectivity index (χ1) is 9.26. The van der Waals surface area contributed by atoms with Gasteiger partial charge in [-0.15, -0.1) is 0 Å². The van der Waals surface area contributed by atoms with Crippen molar-refractivity contribution in [2.24, 2.45) is 11.3 Å². The van der Waals surface area contributed by atoms with E-state index in [1.54, 1.807) is 12.1 Å². The van der Waals surface area contributed by atoms with Gasteiger partial charge in [0, 0.05) is 24.7 Å². The molecule has 0 radical (unpaired) electrons. The van der Waals surface area contributed by atoms with Crippen LogP contribution in [-0.2, 0) is 0 Å². The van der Waals surface area contributed by atoms with Gasteiger partial charge in [-0.3, -0.25) is 0 Å². The molecule has 0 spiro atoms. The quantitative estimate of drug-likeness (QED) is 0.762. The fourth-order valence-corrected chi connectivity index (χ4v) is 2.85. The van der Waals surface area contributed by atoms with Crippen molar-refractivity contribution in [3.8, 4) is 0 Å². The number of hydrogen-bond donors (Lipinski definition) is 0. The second kappa shape index (κ2) is 5.59. The molecule has 1 heterocycles. The molecule has 1 fully saturated rings. The van der Waals surface area contributed by atoms with Gasteiger partial charge < -0.3 is 4.90 Å². The summed E-state index contributed by atoms with van der Waals surface area (Å²) in [5.74, 6) is 0.973. The Morgan fingerprint density at radius 1 is 1.30 bits per heavy atom. The number of likely N-dealkylation sites (tertiary alicyclic amines) is 1. The van der Waals surface area contributed by atoms with Crippen molar-refractivity contribution < 1.29 is 4.39 Å². The molecular weight excluding hydrogens is 249 g/mol. The number of rotatable bonds is 4. The first kappa shape index (κ1) is 15.1. The highest BCUT2D eigenvalue weighted by Crippen LogP contribution is 2.36. The largest absolute Gasteiger partial charge is 0.375 e. The highest BCUT2D eigenvalue weighted by Gasteiger charge is 2.33. The van der Waals surface area contributed by atoms with Crippen LogP contribution in [0.2, 0.25) is 0 Å². The van der Waals surface area contributed by atoms with E-state index in [2.05, 4.69) is 39.2 Å². The summed E-state index contributed by atoms with van der Waals surface area (Å²) in [4.78, 5) is 2.38. The maximum atomic E-state index is 13.0. The molecule has 0 saturated carbocycles. The van der Waals surface area contributed by atoms with Crippen molar-refractivity contribution in [2.45, 2.75) is 40.0 Å². The third kappa shape index (κ3) is 3.62. The normalized spacial score (nSPS) is 17.8. The van der Waals surface area contributed by atoms with Gasteiger partial charge >= 0.3 is 0 Å². The third-order valence-electron chi connectivity index (χ3n) is 4.19. The second-order valence-electron chi connectivity index (χ2n) is 7.31. The molecule has 0 aromatic heterocycles. The van der Waals surface area contributed by atoms with E-state index >= 15 is 0 Å². The van der Waals surface area contributed by atoms with E-state index in [0.717, 1.165) is 19.5 Å². The first-order valence-corrected chi connectivity index (χ1v) is 7.44. The highest BCUT2D eigenvalue weighted by molar-refractivity contribution is 5.22. The van der Waals surface area contributed by atoms with Crippen LogP contribution >= 0.6 is 0 Å². The molecule has 1 nitrogen and oxygen atoms in total. The maximum Gasteiger partial charge on any atom is 0.123 e. The molecule has 1 aliphatic rings. The van der Waals surface area contributed by atoms with Gasteiger partial charge in [0.15, 0.2) is 0 Å². The minimum Gasteiger partial charge on any atom is -0.375 e. The Morgan fingerprint density at radius 2 is 1.85 bits per heavy atom. The lowest BCUT2D eigenvalue weighted by molar-refractivity contribution is 0.112. The number of allylic oxidation sites excluding steroid dienone is 1. The minimum atomic E-state index is -0.158. The maximum absolute atomic E-state index is 13.0. The van der Waals surface area contributed by atoms with Crippen molar-refractivity contribution >= 4 is 0 Å².